The van der Waals surface area contributed by atoms with Crippen molar-refractivity contribution in [2.24, 2.45) is 0 Å². The largest absolute Gasteiger partial charge is 0.444 e. The molecular weight excluding hydrogens is 427 g/mol. The highest BCUT2D eigenvalue weighted by atomic mass is 19.1. The van der Waals surface area contributed by atoms with Crippen molar-refractivity contribution >= 4 is 29.3 Å². The van der Waals surface area contributed by atoms with E-state index in [1.54, 1.807) is 28.7 Å². The predicted molar refractivity (Wildman–Crippen MR) is 123 cm³/mol. The fourth-order valence-corrected chi connectivity index (χ4v) is 5.18. The maximum Gasteiger partial charge on any atom is 0.410 e. The van der Waals surface area contributed by atoms with E-state index in [4.69, 9.17) is 4.74 Å². The number of piperidine rings is 1. The van der Waals surface area contributed by atoms with Gasteiger partial charge in [-0.05, 0) is 45.7 Å². The van der Waals surface area contributed by atoms with E-state index < -0.39 is 17.1 Å². The summed E-state index contributed by atoms with van der Waals surface area (Å²) in [6.07, 6.45) is 0.309. The van der Waals surface area contributed by atoms with E-state index in [0.717, 1.165) is 5.69 Å². The molecule has 33 heavy (non-hydrogen) atoms. The van der Waals surface area contributed by atoms with Gasteiger partial charge in [0.25, 0.3) is 0 Å². The van der Waals surface area contributed by atoms with Crippen LogP contribution < -0.4 is 9.80 Å². The van der Waals surface area contributed by atoms with Gasteiger partial charge in [-0.1, -0.05) is 0 Å². The molecule has 8 nitrogen and oxygen atoms in total. The van der Waals surface area contributed by atoms with Gasteiger partial charge >= 0.3 is 6.09 Å². The van der Waals surface area contributed by atoms with Crippen molar-refractivity contribution in [1.82, 2.24) is 9.80 Å². The molecule has 3 heterocycles. The van der Waals surface area contributed by atoms with Gasteiger partial charge in [-0.2, -0.15) is 0 Å². The Morgan fingerprint density at radius 2 is 1.61 bits per heavy atom. The highest BCUT2D eigenvalue weighted by molar-refractivity contribution is 6.08. The standard InChI is InChI=1S/C24H33FN4O4/c1-16(30)27-10-12-28(13-11-27)17-14-18(25)20-19(15-17)26(5)21(31)24(20)6-8-29(9-7-24)22(32)33-23(2,3)4/h14-15H,6-13H2,1-5H3. The number of likely N-dealkylation sites (tertiary alicyclic amines) is 1. The second-order valence-electron chi connectivity index (χ2n) is 10.2. The molecule has 3 aliphatic rings. The van der Waals surface area contributed by atoms with E-state index in [0.29, 0.717) is 63.4 Å². The van der Waals surface area contributed by atoms with Crippen LogP contribution in [0, 0.1) is 5.82 Å². The second kappa shape index (κ2) is 8.18. The molecule has 1 aromatic rings. The Morgan fingerprint density at radius 3 is 2.15 bits per heavy atom. The van der Waals surface area contributed by atoms with Crippen LogP contribution in [0.25, 0.3) is 0 Å². The molecule has 4 rings (SSSR count). The van der Waals surface area contributed by atoms with Crippen molar-refractivity contribution in [3.05, 3.63) is 23.5 Å². The minimum absolute atomic E-state index is 0.0415. The van der Waals surface area contributed by atoms with E-state index in [9.17, 15) is 14.4 Å². The van der Waals surface area contributed by atoms with Gasteiger partial charge in [-0.15, -0.1) is 0 Å². The third-order valence-electron chi connectivity index (χ3n) is 6.97. The Balaban J connectivity index is 1.56. The average Bonchev–Trinajstić information content (AvgIpc) is 2.95. The summed E-state index contributed by atoms with van der Waals surface area (Å²) in [7, 11) is 1.69. The summed E-state index contributed by atoms with van der Waals surface area (Å²) in [5, 5.41) is 0. The minimum Gasteiger partial charge on any atom is -0.444 e. The highest BCUT2D eigenvalue weighted by Gasteiger charge is 2.53. The Kier molecular flexibility index (Phi) is 5.78. The Hall–Kier alpha value is -2.84. The SMILES string of the molecule is CC(=O)N1CCN(c2cc(F)c3c(c2)N(C)C(=O)C32CCN(C(=O)OC(C)(C)C)CC2)CC1. The molecule has 1 spiro atoms. The third kappa shape index (κ3) is 4.13. The number of nitrogens with zero attached hydrogens (tertiary/aromatic N) is 4. The van der Waals surface area contributed by atoms with Crippen LogP contribution in [-0.4, -0.2) is 79.6 Å². The maximum atomic E-state index is 15.6. The lowest BCUT2D eigenvalue weighted by Gasteiger charge is -2.39. The van der Waals surface area contributed by atoms with Crippen molar-refractivity contribution in [1.29, 1.82) is 0 Å². The molecule has 2 fully saturated rings. The number of amides is 3. The fourth-order valence-electron chi connectivity index (χ4n) is 5.18. The van der Waals surface area contributed by atoms with E-state index in [1.165, 1.54) is 6.07 Å². The average molecular weight is 461 g/mol. The molecule has 2 saturated heterocycles. The number of anilines is 2. The van der Waals surface area contributed by atoms with Gasteiger partial charge in [0.05, 0.1) is 11.1 Å². The smallest absolute Gasteiger partial charge is 0.410 e. The quantitative estimate of drug-likeness (QED) is 0.644. The molecule has 0 atom stereocenters. The number of benzene rings is 1. The zero-order valence-electron chi connectivity index (χ0n) is 20.1. The number of rotatable bonds is 1. The number of ether oxygens (including phenoxy) is 1. The van der Waals surface area contributed by atoms with Crippen molar-refractivity contribution in [3.8, 4) is 0 Å². The van der Waals surface area contributed by atoms with Gasteiger partial charge in [-0.25, -0.2) is 9.18 Å². The summed E-state index contributed by atoms with van der Waals surface area (Å²) in [6, 6.07) is 3.39. The zero-order valence-corrected chi connectivity index (χ0v) is 20.1. The van der Waals surface area contributed by atoms with Crippen molar-refractivity contribution in [2.45, 2.75) is 51.6 Å². The lowest BCUT2D eigenvalue weighted by Crippen LogP contribution is -2.50. The maximum absolute atomic E-state index is 15.6. The highest BCUT2D eigenvalue weighted by Crippen LogP contribution is 2.50. The molecule has 180 valence electrons. The first-order valence-corrected chi connectivity index (χ1v) is 11.5. The first kappa shape index (κ1) is 23.3. The van der Waals surface area contributed by atoms with Crippen LogP contribution in [0.1, 0.15) is 46.1 Å². The predicted octanol–water partition coefficient (Wildman–Crippen LogP) is 2.74. The van der Waals surface area contributed by atoms with Gasteiger partial charge in [0.2, 0.25) is 11.8 Å². The zero-order chi connectivity index (χ0) is 24.1. The van der Waals surface area contributed by atoms with Gasteiger partial charge < -0.3 is 24.3 Å². The van der Waals surface area contributed by atoms with Crippen LogP contribution in [0.2, 0.25) is 0 Å². The molecule has 0 unspecified atom stereocenters. The topological polar surface area (TPSA) is 73.4 Å². The molecule has 0 N–H and O–H groups in total. The van der Waals surface area contributed by atoms with Crippen LogP contribution in [-0.2, 0) is 19.7 Å². The summed E-state index contributed by atoms with van der Waals surface area (Å²) in [5.74, 6) is -0.474. The molecule has 1 aromatic carbocycles. The number of fused-ring (bicyclic) bond motifs is 2. The summed E-state index contributed by atoms with van der Waals surface area (Å²) < 4.78 is 21.1. The van der Waals surface area contributed by atoms with Crippen LogP contribution in [0.3, 0.4) is 0 Å². The molecule has 0 aliphatic carbocycles. The molecule has 0 radical (unpaired) electrons. The summed E-state index contributed by atoms with van der Waals surface area (Å²) in [5.41, 5.74) is 0.191. The number of carbonyl (C=O) groups is 3. The Morgan fingerprint density at radius 1 is 1.00 bits per heavy atom. The van der Waals surface area contributed by atoms with Crippen molar-refractivity contribution < 1.29 is 23.5 Å². The molecule has 0 aromatic heterocycles. The lowest BCUT2D eigenvalue weighted by molar-refractivity contribution is -0.129. The molecular formula is C24H33FN4O4. The second-order valence-corrected chi connectivity index (χ2v) is 10.2. The number of carbonyl (C=O) groups excluding carboxylic acids is 3. The van der Waals surface area contributed by atoms with Crippen LogP contribution in [0.4, 0.5) is 20.6 Å². The Labute approximate surface area is 194 Å². The van der Waals surface area contributed by atoms with E-state index in [2.05, 4.69) is 4.90 Å². The van der Waals surface area contributed by atoms with Crippen LogP contribution in [0.15, 0.2) is 12.1 Å². The number of hydrogen-bond donors (Lipinski definition) is 0. The van der Waals surface area contributed by atoms with Crippen LogP contribution in [0.5, 0.6) is 0 Å². The summed E-state index contributed by atoms with van der Waals surface area (Å²) in [6.45, 7) is 10.1. The summed E-state index contributed by atoms with van der Waals surface area (Å²) in [4.78, 5) is 44.4. The monoisotopic (exact) mass is 460 g/mol. The number of piperazine rings is 1. The van der Waals surface area contributed by atoms with E-state index >= 15 is 4.39 Å². The molecule has 0 bridgehead atoms. The van der Waals surface area contributed by atoms with Crippen molar-refractivity contribution in [2.75, 3.05) is 56.1 Å². The normalized spacial score (nSPS) is 20.4. The van der Waals surface area contributed by atoms with Crippen LogP contribution >= 0.6 is 0 Å². The first-order valence-electron chi connectivity index (χ1n) is 11.5. The molecule has 9 heteroatoms. The molecule has 3 amide bonds. The Bertz CT molecular complexity index is 973. The van der Waals surface area contributed by atoms with E-state index in [1.807, 2.05) is 26.8 Å². The number of likely N-dealkylation sites (N-methyl/N-ethyl adjacent to an activating group) is 1. The first-order chi connectivity index (χ1) is 15.4. The number of halogens is 1. The minimum atomic E-state index is -0.960. The number of hydrogen-bond acceptors (Lipinski definition) is 5. The molecule has 3 aliphatic heterocycles. The van der Waals surface area contributed by atoms with Gasteiger partial charge in [0, 0.05) is 64.5 Å². The van der Waals surface area contributed by atoms with Crippen molar-refractivity contribution in [3.63, 3.8) is 0 Å². The van der Waals surface area contributed by atoms with E-state index in [-0.39, 0.29) is 17.6 Å². The fraction of sp³-hybridized carbons (Fsp3) is 0.625. The third-order valence-corrected chi connectivity index (χ3v) is 6.97. The van der Waals surface area contributed by atoms with Gasteiger partial charge in [-0.3, -0.25) is 9.59 Å². The summed E-state index contributed by atoms with van der Waals surface area (Å²) >= 11 is 0. The molecule has 0 saturated carbocycles. The van der Waals surface area contributed by atoms with Gasteiger partial charge in [0.1, 0.15) is 11.4 Å². The van der Waals surface area contributed by atoms with Gasteiger partial charge in [0.15, 0.2) is 0 Å². The lowest BCUT2D eigenvalue weighted by atomic mass is 9.73.